The predicted octanol–water partition coefficient (Wildman–Crippen LogP) is 3.86. The smallest absolute Gasteiger partial charge is 0.240 e. The van der Waals surface area contributed by atoms with Gasteiger partial charge in [0.05, 0.1) is 5.71 Å². The number of rotatable bonds is 4. The lowest BCUT2D eigenvalue weighted by Gasteiger charge is -2.28. The van der Waals surface area contributed by atoms with Gasteiger partial charge >= 0.3 is 0 Å². The molecule has 1 unspecified atom stereocenters. The van der Waals surface area contributed by atoms with Crippen LogP contribution >= 0.6 is 11.8 Å². The van der Waals surface area contributed by atoms with Crippen molar-refractivity contribution in [2.45, 2.75) is 45.3 Å². The average molecular weight is 402 g/mol. The average Bonchev–Trinajstić information content (AvgIpc) is 2.93. The molecule has 0 radical (unpaired) electrons. The fourth-order valence-electron chi connectivity index (χ4n) is 3.37. The third-order valence-electron chi connectivity index (χ3n) is 4.37. The molecule has 2 aliphatic rings. The number of halogens is 1. The van der Waals surface area contributed by atoms with Gasteiger partial charge in [0, 0.05) is 12.1 Å². The van der Waals surface area contributed by atoms with Crippen LogP contribution in [0.1, 0.15) is 40.0 Å². The molecule has 1 aromatic carbocycles. The number of thioether (sulfide) groups is 1. The van der Waals surface area contributed by atoms with Crippen molar-refractivity contribution < 1.29 is 14.0 Å². The second-order valence-corrected chi connectivity index (χ2v) is 9.05. The lowest BCUT2D eigenvalue weighted by atomic mass is 9.77. The van der Waals surface area contributed by atoms with E-state index in [2.05, 4.69) is 41.6 Å². The number of hydrogen-bond acceptors (Lipinski definition) is 5. The first-order valence-electron chi connectivity index (χ1n) is 9.05. The molecule has 6 nitrogen and oxygen atoms in total. The Hall–Kier alpha value is -2.48. The maximum Gasteiger partial charge on any atom is 0.240 e. The number of carbonyl (C=O) groups is 2. The lowest BCUT2D eigenvalue weighted by molar-refractivity contribution is -0.122. The van der Waals surface area contributed by atoms with E-state index < -0.39 is 5.25 Å². The number of benzene rings is 1. The molecule has 2 amide bonds. The van der Waals surface area contributed by atoms with Crippen LogP contribution in [-0.2, 0) is 9.59 Å². The molecule has 2 N–H and O–H groups in total. The van der Waals surface area contributed by atoms with Crippen LogP contribution < -0.4 is 10.6 Å². The molecule has 28 heavy (non-hydrogen) atoms. The molecular formula is C20H23FN4O2S. The van der Waals surface area contributed by atoms with Crippen LogP contribution in [-0.4, -0.2) is 27.9 Å². The molecule has 0 spiro atoms. The van der Waals surface area contributed by atoms with Crippen LogP contribution in [0.3, 0.4) is 0 Å². The van der Waals surface area contributed by atoms with E-state index in [0.29, 0.717) is 10.9 Å². The minimum atomic E-state index is -0.570. The Labute approximate surface area is 167 Å². The summed E-state index contributed by atoms with van der Waals surface area (Å²) < 4.78 is 12.9. The fourth-order valence-corrected chi connectivity index (χ4v) is 4.29. The number of nitrogens with one attached hydrogen (secondary N) is 2. The van der Waals surface area contributed by atoms with Crippen molar-refractivity contribution in [3.63, 3.8) is 0 Å². The minimum Gasteiger partial charge on any atom is -0.326 e. The Balaban J connectivity index is 1.59. The van der Waals surface area contributed by atoms with E-state index in [1.54, 1.807) is 0 Å². The van der Waals surface area contributed by atoms with Gasteiger partial charge in [-0.25, -0.2) is 4.39 Å². The first-order valence-corrected chi connectivity index (χ1v) is 9.93. The minimum absolute atomic E-state index is 0.00445. The number of amides is 2. The van der Waals surface area contributed by atoms with Crippen LogP contribution in [0.2, 0.25) is 0 Å². The number of nitrogens with zero attached hydrogens (tertiary/aromatic N) is 2. The fraction of sp³-hybridized carbons (Fsp3) is 0.400. The van der Waals surface area contributed by atoms with E-state index in [1.807, 2.05) is 6.08 Å². The Morgan fingerprint density at radius 3 is 2.68 bits per heavy atom. The van der Waals surface area contributed by atoms with Gasteiger partial charge in [-0.05, 0) is 55.5 Å². The van der Waals surface area contributed by atoms with Gasteiger partial charge in [-0.2, -0.15) is 5.10 Å². The Bertz CT molecular complexity index is 875. The second kappa shape index (κ2) is 8.26. The molecule has 1 aliphatic carbocycles. The van der Waals surface area contributed by atoms with Crippen LogP contribution in [0.15, 0.2) is 46.1 Å². The van der Waals surface area contributed by atoms with Crippen molar-refractivity contribution in [3.05, 3.63) is 41.7 Å². The molecule has 3 rings (SSSR count). The third-order valence-corrected chi connectivity index (χ3v) is 5.45. The van der Waals surface area contributed by atoms with Gasteiger partial charge in [-0.3, -0.25) is 9.59 Å². The molecule has 1 aliphatic heterocycles. The van der Waals surface area contributed by atoms with E-state index in [1.165, 1.54) is 41.6 Å². The Morgan fingerprint density at radius 2 is 2.00 bits per heavy atom. The molecule has 1 heterocycles. The zero-order valence-corrected chi connectivity index (χ0v) is 16.9. The molecule has 8 heteroatoms. The predicted molar refractivity (Wildman–Crippen MR) is 111 cm³/mol. The van der Waals surface area contributed by atoms with Crippen molar-refractivity contribution >= 4 is 40.1 Å². The Kier molecular flexibility index (Phi) is 5.98. The summed E-state index contributed by atoms with van der Waals surface area (Å²) >= 11 is 1.19. The van der Waals surface area contributed by atoms with E-state index in [9.17, 15) is 14.0 Å². The highest BCUT2D eigenvalue weighted by atomic mass is 32.2. The third kappa shape index (κ3) is 5.51. The lowest BCUT2D eigenvalue weighted by Crippen LogP contribution is -2.28. The van der Waals surface area contributed by atoms with E-state index in [-0.39, 0.29) is 29.5 Å². The number of amidine groups is 1. The first kappa shape index (κ1) is 20.3. The SMILES string of the molecule is CC1=C/C(=N\N=C2\NC(=O)C(CC(=O)Nc3ccc(F)cc3)S2)CC(C)(C)C1. The Morgan fingerprint density at radius 1 is 1.29 bits per heavy atom. The van der Waals surface area contributed by atoms with Gasteiger partial charge in [-0.1, -0.05) is 31.2 Å². The van der Waals surface area contributed by atoms with Gasteiger partial charge in [0.1, 0.15) is 11.1 Å². The number of hydrogen-bond donors (Lipinski definition) is 2. The normalized spacial score (nSPS) is 24.2. The van der Waals surface area contributed by atoms with Crippen molar-refractivity contribution in [1.82, 2.24) is 5.32 Å². The van der Waals surface area contributed by atoms with Gasteiger partial charge in [-0.15, -0.1) is 5.10 Å². The maximum atomic E-state index is 12.9. The molecular weight excluding hydrogens is 379 g/mol. The highest BCUT2D eigenvalue weighted by Crippen LogP contribution is 2.34. The maximum absolute atomic E-state index is 12.9. The monoisotopic (exact) mass is 402 g/mol. The molecule has 1 fully saturated rings. The summed E-state index contributed by atoms with van der Waals surface area (Å²) in [5.74, 6) is -0.967. The molecule has 1 saturated heterocycles. The summed E-state index contributed by atoms with van der Waals surface area (Å²) in [4.78, 5) is 24.3. The summed E-state index contributed by atoms with van der Waals surface area (Å²) in [6.07, 6.45) is 3.88. The van der Waals surface area contributed by atoms with E-state index in [0.717, 1.165) is 18.6 Å². The summed E-state index contributed by atoms with van der Waals surface area (Å²) in [5, 5.41) is 13.6. The first-order chi connectivity index (χ1) is 13.2. The summed E-state index contributed by atoms with van der Waals surface area (Å²) in [5.41, 5.74) is 2.77. The zero-order valence-electron chi connectivity index (χ0n) is 16.1. The zero-order chi connectivity index (χ0) is 20.3. The van der Waals surface area contributed by atoms with Crippen molar-refractivity contribution in [2.75, 3.05) is 5.32 Å². The van der Waals surface area contributed by atoms with Crippen molar-refractivity contribution in [2.24, 2.45) is 15.6 Å². The molecule has 1 atom stereocenters. The summed E-state index contributed by atoms with van der Waals surface area (Å²) in [6, 6.07) is 5.47. The van der Waals surface area contributed by atoms with Crippen LogP contribution in [0.25, 0.3) is 0 Å². The second-order valence-electron chi connectivity index (χ2n) is 7.86. The van der Waals surface area contributed by atoms with Gasteiger partial charge in [0.2, 0.25) is 11.8 Å². The van der Waals surface area contributed by atoms with Crippen LogP contribution in [0.5, 0.6) is 0 Å². The number of allylic oxidation sites excluding steroid dienone is 2. The van der Waals surface area contributed by atoms with Gasteiger partial charge < -0.3 is 10.6 Å². The van der Waals surface area contributed by atoms with Crippen LogP contribution in [0, 0.1) is 11.2 Å². The molecule has 0 aromatic heterocycles. The molecule has 0 bridgehead atoms. The van der Waals surface area contributed by atoms with Crippen molar-refractivity contribution in [3.8, 4) is 0 Å². The summed E-state index contributed by atoms with van der Waals surface area (Å²) in [7, 11) is 0. The van der Waals surface area contributed by atoms with E-state index >= 15 is 0 Å². The van der Waals surface area contributed by atoms with Crippen molar-refractivity contribution in [1.29, 1.82) is 0 Å². The highest BCUT2D eigenvalue weighted by Gasteiger charge is 2.32. The molecule has 0 saturated carbocycles. The summed E-state index contributed by atoms with van der Waals surface area (Å²) in [6.45, 7) is 6.45. The van der Waals surface area contributed by atoms with Gasteiger partial charge in [0.15, 0.2) is 5.17 Å². The molecule has 148 valence electrons. The van der Waals surface area contributed by atoms with Crippen LogP contribution in [0.4, 0.5) is 10.1 Å². The van der Waals surface area contributed by atoms with Gasteiger partial charge in [0.25, 0.3) is 0 Å². The standard InChI is InChI=1S/C20H23FN4O2S/c1-12-8-15(11-20(2,3)10-12)24-25-19-23-18(27)16(28-19)9-17(26)22-14-6-4-13(21)5-7-14/h4-8,16H,9-11H2,1-3H3,(H,22,26)(H,23,25,27)/b24-15+. The highest BCUT2D eigenvalue weighted by molar-refractivity contribution is 8.15. The largest absolute Gasteiger partial charge is 0.326 e. The quantitative estimate of drug-likeness (QED) is 0.750. The molecule has 1 aromatic rings. The number of carbonyl (C=O) groups excluding carboxylic acids is 2. The number of anilines is 1. The van der Waals surface area contributed by atoms with E-state index in [4.69, 9.17) is 0 Å². The topological polar surface area (TPSA) is 82.9 Å².